The van der Waals surface area contributed by atoms with Gasteiger partial charge in [-0.3, -0.25) is 9.59 Å². The van der Waals surface area contributed by atoms with Crippen molar-refractivity contribution in [2.45, 2.75) is 19.9 Å². The molecule has 1 aromatic carbocycles. The molecule has 0 aliphatic carbocycles. The number of piperazine rings is 1. The minimum atomic E-state index is -0.500. The topological polar surface area (TPSA) is 40.6 Å². The minimum absolute atomic E-state index is 0.116. The van der Waals surface area contributed by atoms with Crippen LogP contribution in [-0.2, 0) is 9.59 Å². The average Bonchev–Trinajstić information content (AvgIpc) is 2.32. The van der Waals surface area contributed by atoms with Crippen LogP contribution in [0.4, 0.5) is 10.1 Å². The third-order valence-electron chi connectivity index (χ3n) is 3.18. The first-order valence-corrected chi connectivity index (χ1v) is 5.85. The molecule has 1 heterocycles. The smallest absolute Gasteiger partial charge is 0.249 e. The fourth-order valence-electron chi connectivity index (χ4n) is 2.20. The number of halogens is 1. The highest BCUT2D eigenvalue weighted by Crippen LogP contribution is 2.21. The summed E-state index contributed by atoms with van der Waals surface area (Å²) in [5.74, 6) is -0.668. The summed E-state index contributed by atoms with van der Waals surface area (Å²) in [6.07, 6.45) is 0. The zero-order chi connectivity index (χ0) is 13.3. The van der Waals surface area contributed by atoms with E-state index < -0.39 is 6.04 Å². The summed E-state index contributed by atoms with van der Waals surface area (Å²) in [6, 6.07) is 5.42. The zero-order valence-electron chi connectivity index (χ0n) is 10.4. The Balaban J connectivity index is 2.23. The summed E-state index contributed by atoms with van der Waals surface area (Å²) in [5.41, 5.74) is 0.537. The SMILES string of the molecule is CC(=O)N1CCN(c2cccc(F)c2)C(=O)C1C. The van der Waals surface area contributed by atoms with Gasteiger partial charge in [-0.2, -0.15) is 0 Å². The Hall–Kier alpha value is -1.91. The molecule has 1 aliphatic rings. The van der Waals surface area contributed by atoms with Crippen molar-refractivity contribution in [3.8, 4) is 0 Å². The molecule has 1 aromatic rings. The van der Waals surface area contributed by atoms with Gasteiger partial charge in [-0.1, -0.05) is 6.07 Å². The molecule has 5 heteroatoms. The van der Waals surface area contributed by atoms with Crippen molar-refractivity contribution >= 4 is 17.5 Å². The van der Waals surface area contributed by atoms with E-state index in [1.807, 2.05) is 0 Å². The van der Waals surface area contributed by atoms with Crippen molar-refractivity contribution in [3.05, 3.63) is 30.1 Å². The van der Waals surface area contributed by atoms with Gasteiger partial charge in [0.25, 0.3) is 0 Å². The summed E-state index contributed by atoms with van der Waals surface area (Å²) in [7, 11) is 0. The van der Waals surface area contributed by atoms with Crippen molar-refractivity contribution in [3.63, 3.8) is 0 Å². The van der Waals surface area contributed by atoms with Gasteiger partial charge in [0.2, 0.25) is 11.8 Å². The summed E-state index contributed by atoms with van der Waals surface area (Å²) in [4.78, 5) is 26.6. The number of carbonyl (C=O) groups excluding carboxylic acids is 2. The second kappa shape index (κ2) is 4.76. The fraction of sp³-hybridized carbons (Fsp3) is 0.385. The lowest BCUT2D eigenvalue weighted by Gasteiger charge is -2.38. The van der Waals surface area contributed by atoms with Crippen LogP contribution in [0.1, 0.15) is 13.8 Å². The Morgan fingerprint density at radius 3 is 2.72 bits per heavy atom. The Morgan fingerprint density at radius 1 is 1.39 bits per heavy atom. The van der Waals surface area contributed by atoms with Crippen LogP contribution >= 0.6 is 0 Å². The number of carbonyl (C=O) groups is 2. The van der Waals surface area contributed by atoms with Crippen LogP contribution in [0.2, 0.25) is 0 Å². The van der Waals surface area contributed by atoms with Crippen LogP contribution < -0.4 is 4.90 Å². The molecule has 0 spiro atoms. The van der Waals surface area contributed by atoms with Crippen LogP contribution in [0.5, 0.6) is 0 Å². The van der Waals surface area contributed by atoms with E-state index in [9.17, 15) is 14.0 Å². The molecular weight excluding hydrogens is 235 g/mol. The quantitative estimate of drug-likeness (QED) is 0.756. The molecule has 0 bridgehead atoms. The van der Waals surface area contributed by atoms with Gasteiger partial charge in [0, 0.05) is 25.7 Å². The van der Waals surface area contributed by atoms with E-state index in [1.54, 1.807) is 19.1 Å². The molecule has 1 fully saturated rings. The van der Waals surface area contributed by atoms with Crippen molar-refractivity contribution in [1.29, 1.82) is 0 Å². The van der Waals surface area contributed by atoms with E-state index in [0.717, 1.165) is 0 Å². The summed E-state index contributed by atoms with van der Waals surface area (Å²) in [5, 5.41) is 0. The molecule has 1 aliphatic heterocycles. The summed E-state index contributed by atoms with van der Waals surface area (Å²) >= 11 is 0. The molecule has 1 unspecified atom stereocenters. The highest BCUT2D eigenvalue weighted by Gasteiger charge is 2.33. The van der Waals surface area contributed by atoms with E-state index in [4.69, 9.17) is 0 Å². The molecule has 2 rings (SSSR count). The summed E-state index contributed by atoms with van der Waals surface area (Å²) < 4.78 is 13.1. The molecule has 0 aromatic heterocycles. The Morgan fingerprint density at radius 2 is 2.11 bits per heavy atom. The van der Waals surface area contributed by atoms with E-state index in [0.29, 0.717) is 18.8 Å². The molecule has 0 N–H and O–H groups in total. The molecule has 2 amide bonds. The van der Waals surface area contributed by atoms with Gasteiger partial charge in [0.15, 0.2) is 0 Å². The molecule has 0 radical (unpaired) electrons. The van der Waals surface area contributed by atoms with Gasteiger partial charge in [0.1, 0.15) is 11.9 Å². The number of amides is 2. The van der Waals surface area contributed by atoms with Crippen LogP contribution in [0, 0.1) is 5.82 Å². The largest absolute Gasteiger partial charge is 0.329 e. The van der Waals surface area contributed by atoms with Crippen LogP contribution in [0.15, 0.2) is 24.3 Å². The molecular formula is C13H15FN2O2. The Labute approximate surface area is 105 Å². The number of nitrogens with zero attached hydrogens (tertiary/aromatic N) is 2. The predicted molar refractivity (Wildman–Crippen MR) is 65.6 cm³/mol. The maximum Gasteiger partial charge on any atom is 0.249 e. The standard InChI is InChI=1S/C13H15FN2O2/c1-9-13(18)16(7-6-15(9)10(2)17)12-5-3-4-11(14)8-12/h3-5,8-9H,6-7H2,1-2H3. The van der Waals surface area contributed by atoms with Gasteiger partial charge in [-0.05, 0) is 25.1 Å². The van der Waals surface area contributed by atoms with E-state index in [-0.39, 0.29) is 17.6 Å². The highest BCUT2D eigenvalue weighted by molar-refractivity contribution is 5.99. The van der Waals surface area contributed by atoms with Gasteiger partial charge in [0.05, 0.1) is 0 Å². The maximum atomic E-state index is 13.1. The first kappa shape index (κ1) is 12.5. The lowest BCUT2D eigenvalue weighted by Crippen LogP contribution is -2.57. The molecule has 1 atom stereocenters. The van der Waals surface area contributed by atoms with Crippen LogP contribution in [0.25, 0.3) is 0 Å². The molecule has 96 valence electrons. The molecule has 0 saturated carbocycles. The molecule has 18 heavy (non-hydrogen) atoms. The number of rotatable bonds is 1. The number of anilines is 1. The first-order valence-electron chi connectivity index (χ1n) is 5.85. The van der Waals surface area contributed by atoms with E-state index in [1.165, 1.54) is 28.9 Å². The third-order valence-corrected chi connectivity index (χ3v) is 3.18. The molecule has 4 nitrogen and oxygen atoms in total. The fourth-order valence-corrected chi connectivity index (χ4v) is 2.20. The van der Waals surface area contributed by atoms with E-state index in [2.05, 4.69) is 0 Å². The van der Waals surface area contributed by atoms with Crippen LogP contribution in [0.3, 0.4) is 0 Å². The summed E-state index contributed by atoms with van der Waals surface area (Å²) in [6.45, 7) is 4.00. The monoisotopic (exact) mass is 250 g/mol. The lowest BCUT2D eigenvalue weighted by atomic mass is 10.1. The minimum Gasteiger partial charge on any atom is -0.329 e. The normalized spacial score (nSPS) is 20.2. The second-order valence-electron chi connectivity index (χ2n) is 4.36. The van der Waals surface area contributed by atoms with Crippen molar-refractivity contribution < 1.29 is 14.0 Å². The maximum absolute atomic E-state index is 13.1. The number of hydrogen-bond donors (Lipinski definition) is 0. The van der Waals surface area contributed by atoms with E-state index >= 15 is 0 Å². The highest BCUT2D eigenvalue weighted by atomic mass is 19.1. The molecule has 1 saturated heterocycles. The van der Waals surface area contributed by atoms with Crippen molar-refractivity contribution in [2.75, 3.05) is 18.0 Å². The van der Waals surface area contributed by atoms with Crippen molar-refractivity contribution in [1.82, 2.24) is 4.90 Å². The van der Waals surface area contributed by atoms with Gasteiger partial charge in [-0.25, -0.2) is 4.39 Å². The third kappa shape index (κ3) is 2.20. The van der Waals surface area contributed by atoms with Gasteiger partial charge >= 0.3 is 0 Å². The number of benzene rings is 1. The van der Waals surface area contributed by atoms with Gasteiger partial charge < -0.3 is 9.80 Å². The lowest BCUT2D eigenvalue weighted by molar-refractivity contribution is -0.139. The second-order valence-corrected chi connectivity index (χ2v) is 4.36. The first-order chi connectivity index (χ1) is 8.50. The average molecular weight is 250 g/mol. The Kier molecular flexibility index (Phi) is 3.32. The van der Waals surface area contributed by atoms with Gasteiger partial charge in [-0.15, -0.1) is 0 Å². The van der Waals surface area contributed by atoms with Crippen LogP contribution in [-0.4, -0.2) is 35.8 Å². The predicted octanol–water partition coefficient (Wildman–Crippen LogP) is 1.41. The van der Waals surface area contributed by atoms with Crippen molar-refractivity contribution in [2.24, 2.45) is 0 Å². The number of hydrogen-bond acceptors (Lipinski definition) is 2. The zero-order valence-corrected chi connectivity index (χ0v) is 10.4. The Bertz CT molecular complexity index is 490.